The minimum atomic E-state index is -1.16. The summed E-state index contributed by atoms with van der Waals surface area (Å²) in [5, 5.41) is 54.5. The van der Waals surface area contributed by atoms with Gasteiger partial charge in [0.15, 0.2) is 5.78 Å². The van der Waals surface area contributed by atoms with Crippen molar-refractivity contribution in [3.63, 3.8) is 0 Å². The van der Waals surface area contributed by atoms with Gasteiger partial charge in [-0.2, -0.15) is 0 Å². The Morgan fingerprint density at radius 1 is 1.00 bits per heavy atom. The summed E-state index contributed by atoms with van der Waals surface area (Å²) in [5.74, 6) is -0.509. The van der Waals surface area contributed by atoms with Crippen LogP contribution in [0.1, 0.15) is 92.4 Å². The van der Waals surface area contributed by atoms with Gasteiger partial charge in [-0.1, -0.05) is 13.8 Å². The summed E-state index contributed by atoms with van der Waals surface area (Å²) in [6, 6.07) is 0. The van der Waals surface area contributed by atoms with Gasteiger partial charge in [0.2, 0.25) is 0 Å². The Bertz CT molecular complexity index is 827. The van der Waals surface area contributed by atoms with E-state index in [0.29, 0.717) is 38.5 Å². The first-order valence-corrected chi connectivity index (χ1v) is 12.8. The fraction of sp³-hybridized carbons (Fsp3) is 0.889. The number of ketones is 1. The number of fused-ring (bicyclic) bond motifs is 5. The van der Waals surface area contributed by atoms with E-state index in [-0.39, 0.29) is 30.0 Å². The average molecular weight is 465 g/mol. The number of aliphatic hydroxyl groups is 5. The van der Waals surface area contributed by atoms with Crippen molar-refractivity contribution >= 4 is 5.78 Å². The lowest BCUT2D eigenvalue weighted by Gasteiger charge is -2.60. The van der Waals surface area contributed by atoms with Crippen LogP contribution in [0.2, 0.25) is 0 Å². The Hall–Kier alpha value is -0.790. The van der Waals surface area contributed by atoms with Crippen molar-refractivity contribution in [1.29, 1.82) is 0 Å². The first-order valence-electron chi connectivity index (χ1n) is 12.8. The maximum Gasteiger partial charge on any atom is 0.159 e. The zero-order chi connectivity index (χ0) is 24.6. The molecule has 4 aliphatic rings. The van der Waals surface area contributed by atoms with Gasteiger partial charge in [0.05, 0.1) is 29.0 Å². The molecule has 0 amide bonds. The third kappa shape index (κ3) is 3.85. The molecule has 3 saturated carbocycles. The fourth-order valence-corrected chi connectivity index (χ4v) is 8.42. The molecule has 188 valence electrons. The molecule has 0 saturated heterocycles. The third-order valence-electron chi connectivity index (χ3n) is 10.3. The molecule has 33 heavy (non-hydrogen) atoms. The quantitative estimate of drug-likeness (QED) is 0.427. The van der Waals surface area contributed by atoms with Crippen molar-refractivity contribution in [3.8, 4) is 0 Å². The molecule has 0 radical (unpaired) electrons. The molecule has 0 heterocycles. The van der Waals surface area contributed by atoms with Crippen LogP contribution in [0.5, 0.6) is 0 Å². The molecule has 4 aliphatic carbocycles. The van der Waals surface area contributed by atoms with E-state index in [2.05, 4.69) is 6.92 Å². The van der Waals surface area contributed by atoms with Crippen molar-refractivity contribution in [2.24, 2.45) is 28.6 Å². The molecule has 0 spiro atoms. The Kier molecular flexibility index (Phi) is 6.03. The lowest BCUT2D eigenvalue weighted by molar-refractivity contribution is -0.160. The van der Waals surface area contributed by atoms with Crippen molar-refractivity contribution in [3.05, 3.63) is 11.6 Å². The van der Waals surface area contributed by atoms with Gasteiger partial charge in [-0.25, -0.2) is 0 Å². The maximum absolute atomic E-state index is 13.2. The van der Waals surface area contributed by atoms with Gasteiger partial charge in [-0.15, -0.1) is 0 Å². The summed E-state index contributed by atoms with van der Waals surface area (Å²) in [4.78, 5) is 13.2. The first-order chi connectivity index (χ1) is 15.1. The van der Waals surface area contributed by atoms with Crippen LogP contribution in [0.4, 0.5) is 0 Å². The Labute approximate surface area is 198 Å². The monoisotopic (exact) mass is 464 g/mol. The number of carbonyl (C=O) groups is 1. The van der Waals surface area contributed by atoms with E-state index in [0.717, 1.165) is 18.4 Å². The minimum Gasteiger partial charge on any atom is -0.390 e. The lowest BCUT2D eigenvalue weighted by Crippen LogP contribution is -2.61. The van der Waals surface area contributed by atoms with Gasteiger partial charge in [0.1, 0.15) is 0 Å². The van der Waals surface area contributed by atoms with E-state index in [1.807, 2.05) is 13.8 Å². The molecule has 0 aliphatic heterocycles. The predicted octanol–water partition coefficient (Wildman–Crippen LogP) is 2.88. The molecule has 5 N–H and O–H groups in total. The molecule has 3 fully saturated rings. The maximum atomic E-state index is 13.2. The topological polar surface area (TPSA) is 118 Å². The molecule has 9 atom stereocenters. The normalized spacial score (nSPS) is 47.3. The SMILES string of the molecule is CC(C)(O)CCC[C@](C)(O)[C@H]1CC[C@@]2(O)C3=CC(=O)[C@@H]4C[C@H](O)[C@@H](O)C[C@]4(C)[C@H]3CC[C@]12C. The van der Waals surface area contributed by atoms with E-state index in [9.17, 15) is 30.3 Å². The molecule has 0 aromatic heterocycles. The summed E-state index contributed by atoms with van der Waals surface area (Å²) in [6.07, 6.45) is 5.14. The highest BCUT2D eigenvalue weighted by Crippen LogP contribution is 2.68. The smallest absolute Gasteiger partial charge is 0.159 e. The van der Waals surface area contributed by atoms with E-state index in [1.54, 1.807) is 19.9 Å². The highest BCUT2D eigenvalue weighted by molar-refractivity contribution is 5.95. The molecule has 6 heteroatoms. The van der Waals surface area contributed by atoms with Gasteiger partial charge in [0, 0.05) is 11.3 Å². The second-order valence-electron chi connectivity index (χ2n) is 13.1. The predicted molar refractivity (Wildman–Crippen MR) is 125 cm³/mol. The van der Waals surface area contributed by atoms with Crippen LogP contribution in [-0.4, -0.2) is 60.3 Å². The number of allylic oxidation sites excluding steroid dienone is 1. The van der Waals surface area contributed by atoms with Gasteiger partial charge in [-0.3, -0.25) is 4.79 Å². The van der Waals surface area contributed by atoms with E-state index in [4.69, 9.17) is 0 Å². The van der Waals surface area contributed by atoms with Crippen LogP contribution in [0.25, 0.3) is 0 Å². The van der Waals surface area contributed by atoms with Crippen molar-refractivity contribution < 1.29 is 30.3 Å². The standard InChI is InChI=1S/C27H44O6/c1-23(2,31)9-6-10-26(5,32)22-8-12-27(33)17-13-19(28)18-14-20(29)21(30)15-24(18,3)16(17)7-11-25(22,27)4/h13,16,18,20-22,29-33H,6-12,14-15H2,1-5H3/t16-,18-,20-,21-,22-,24+,25+,26-,27+/m0/s1. The molecular formula is C27H44O6. The molecule has 0 bridgehead atoms. The van der Waals surface area contributed by atoms with Gasteiger partial charge < -0.3 is 25.5 Å². The molecule has 6 nitrogen and oxygen atoms in total. The van der Waals surface area contributed by atoms with Gasteiger partial charge >= 0.3 is 0 Å². The summed E-state index contributed by atoms with van der Waals surface area (Å²) < 4.78 is 0. The van der Waals surface area contributed by atoms with E-state index < -0.39 is 39.8 Å². The van der Waals surface area contributed by atoms with Crippen LogP contribution >= 0.6 is 0 Å². The number of hydrogen-bond acceptors (Lipinski definition) is 6. The summed E-state index contributed by atoms with van der Waals surface area (Å²) in [7, 11) is 0. The largest absolute Gasteiger partial charge is 0.390 e. The first kappa shape index (κ1) is 25.3. The molecule has 4 rings (SSSR count). The van der Waals surface area contributed by atoms with Crippen molar-refractivity contribution in [2.45, 2.75) is 121 Å². The Morgan fingerprint density at radius 3 is 2.30 bits per heavy atom. The Morgan fingerprint density at radius 2 is 1.67 bits per heavy atom. The van der Waals surface area contributed by atoms with Crippen LogP contribution in [0.3, 0.4) is 0 Å². The number of carbonyl (C=O) groups excluding carboxylic acids is 1. The van der Waals surface area contributed by atoms with E-state index >= 15 is 0 Å². The second kappa shape index (κ2) is 7.86. The number of rotatable bonds is 5. The number of aliphatic hydroxyl groups excluding tert-OH is 2. The molecular weight excluding hydrogens is 420 g/mol. The third-order valence-corrected chi connectivity index (χ3v) is 10.3. The lowest BCUT2D eigenvalue weighted by atomic mass is 9.45. The van der Waals surface area contributed by atoms with Crippen molar-refractivity contribution in [2.75, 3.05) is 0 Å². The van der Waals surface area contributed by atoms with Crippen LogP contribution in [0.15, 0.2) is 11.6 Å². The highest BCUT2D eigenvalue weighted by Gasteiger charge is 2.68. The molecule has 0 aromatic rings. The summed E-state index contributed by atoms with van der Waals surface area (Å²) in [6.45, 7) is 9.54. The minimum absolute atomic E-state index is 0.0145. The van der Waals surface area contributed by atoms with Crippen LogP contribution in [0, 0.1) is 28.6 Å². The Balaban J connectivity index is 1.64. The number of hydrogen-bond donors (Lipinski definition) is 5. The van der Waals surface area contributed by atoms with Gasteiger partial charge in [-0.05, 0) is 107 Å². The van der Waals surface area contributed by atoms with Crippen molar-refractivity contribution in [1.82, 2.24) is 0 Å². The molecule has 0 aromatic carbocycles. The zero-order valence-corrected chi connectivity index (χ0v) is 21.0. The summed E-state index contributed by atoms with van der Waals surface area (Å²) >= 11 is 0. The van der Waals surface area contributed by atoms with Crippen LogP contribution in [-0.2, 0) is 4.79 Å². The van der Waals surface area contributed by atoms with Crippen LogP contribution < -0.4 is 0 Å². The van der Waals surface area contributed by atoms with Gasteiger partial charge in [0.25, 0.3) is 0 Å². The average Bonchev–Trinajstić information content (AvgIpc) is 2.95. The highest BCUT2D eigenvalue weighted by atomic mass is 16.3. The molecule has 0 unspecified atom stereocenters. The summed E-state index contributed by atoms with van der Waals surface area (Å²) in [5.41, 5.74) is -3.15. The zero-order valence-electron chi connectivity index (χ0n) is 21.0. The fourth-order valence-electron chi connectivity index (χ4n) is 8.42. The van der Waals surface area contributed by atoms with E-state index in [1.165, 1.54) is 0 Å². The second-order valence-corrected chi connectivity index (χ2v) is 13.1.